The molecule has 0 radical (unpaired) electrons. The Morgan fingerprint density at radius 2 is 1.69 bits per heavy atom. The number of nitrogens with zero attached hydrogens (tertiary/aromatic N) is 2. The van der Waals surface area contributed by atoms with Crippen LogP contribution in [0.25, 0.3) is 11.0 Å². The minimum atomic E-state index is 0.716. The van der Waals surface area contributed by atoms with Gasteiger partial charge in [-0.3, -0.25) is 0 Å². The number of imidazole rings is 1. The average Bonchev–Trinajstić information content (AvgIpc) is 3.16. The first-order chi connectivity index (χ1) is 14.2. The van der Waals surface area contributed by atoms with Gasteiger partial charge in [-0.25, -0.2) is 4.98 Å². The molecule has 146 valence electrons. The van der Waals surface area contributed by atoms with Gasteiger partial charge in [0.1, 0.15) is 5.82 Å². The summed E-state index contributed by atoms with van der Waals surface area (Å²) in [7, 11) is 0. The van der Waals surface area contributed by atoms with Gasteiger partial charge in [-0.15, -0.1) is 0 Å². The predicted octanol–water partition coefficient (Wildman–Crippen LogP) is 5.00. The van der Waals surface area contributed by atoms with E-state index in [4.69, 9.17) is 12.2 Å². The lowest BCUT2D eigenvalue weighted by molar-refractivity contribution is 0.814. The van der Waals surface area contributed by atoms with Crippen molar-refractivity contribution in [3.05, 3.63) is 95.8 Å². The largest absolute Gasteiger partial charge is 0.362 e. The number of hydrogen-bond acceptors (Lipinski definition) is 2. The van der Waals surface area contributed by atoms with Crippen molar-refractivity contribution < 1.29 is 0 Å². The number of aromatic nitrogens is 2. The molecule has 0 atom stereocenters. The van der Waals surface area contributed by atoms with Crippen molar-refractivity contribution in [1.29, 1.82) is 0 Å². The normalized spacial score (nSPS) is 10.8. The van der Waals surface area contributed by atoms with E-state index in [9.17, 15) is 0 Å². The van der Waals surface area contributed by atoms with Crippen molar-refractivity contribution in [3.63, 3.8) is 0 Å². The van der Waals surface area contributed by atoms with Crippen LogP contribution in [0.3, 0.4) is 0 Å². The molecule has 1 aromatic heterocycles. The molecule has 4 rings (SSSR count). The van der Waals surface area contributed by atoms with Crippen LogP contribution in [0.1, 0.15) is 17.0 Å². The van der Waals surface area contributed by atoms with Crippen LogP contribution < -0.4 is 10.2 Å². The molecule has 0 saturated heterocycles. The maximum Gasteiger partial charge on any atom is 0.173 e. The molecular weight excluding hydrogens is 376 g/mol. The number of nitrogens with one attached hydrogen (secondary N) is 2. The fourth-order valence-corrected chi connectivity index (χ4v) is 3.55. The molecule has 5 heteroatoms. The summed E-state index contributed by atoms with van der Waals surface area (Å²) in [5.74, 6) is 0.964. The third-order valence-electron chi connectivity index (χ3n) is 4.85. The number of para-hydroxylation sites is 2. The second kappa shape index (κ2) is 8.88. The van der Waals surface area contributed by atoms with Crippen molar-refractivity contribution in [2.75, 3.05) is 11.4 Å². The van der Waals surface area contributed by atoms with Crippen molar-refractivity contribution in [2.45, 2.75) is 19.9 Å². The van der Waals surface area contributed by atoms with E-state index in [2.05, 4.69) is 75.6 Å². The van der Waals surface area contributed by atoms with Gasteiger partial charge in [-0.1, -0.05) is 60.2 Å². The van der Waals surface area contributed by atoms with Crippen molar-refractivity contribution >= 4 is 34.1 Å². The Kier molecular flexibility index (Phi) is 5.86. The number of hydrogen-bond donors (Lipinski definition) is 2. The van der Waals surface area contributed by atoms with Crippen LogP contribution in [0.2, 0.25) is 0 Å². The molecule has 0 saturated carbocycles. The Balaban J connectivity index is 1.44. The summed E-state index contributed by atoms with van der Waals surface area (Å²) in [5, 5.41) is 4.12. The smallest absolute Gasteiger partial charge is 0.173 e. The minimum Gasteiger partial charge on any atom is -0.362 e. The SMILES string of the molecule is Cc1ccc(N(Cc2ccccc2)C(=S)NCCc2nc3ccccc3[nH]2)cc1. The molecule has 0 fully saturated rings. The molecule has 0 spiro atoms. The van der Waals surface area contributed by atoms with E-state index in [0.29, 0.717) is 5.11 Å². The van der Waals surface area contributed by atoms with Crippen LogP contribution >= 0.6 is 12.2 Å². The minimum absolute atomic E-state index is 0.716. The molecule has 0 bridgehead atoms. The quantitative estimate of drug-likeness (QED) is 0.447. The second-order valence-corrected chi connectivity index (χ2v) is 7.48. The van der Waals surface area contributed by atoms with E-state index in [0.717, 1.165) is 42.1 Å². The standard InChI is InChI=1S/C24H24N4S/c1-18-11-13-20(14-12-18)28(17-19-7-3-2-4-8-19)24(29)25-16-15-23-26-21-9-5-6-10-22(21)27-23/h2-14H,15-17H2,1H3,(H,25,29)(H,26,27). The molecule has 0 aliphatic carbocycles. The van der Waals surface area contributed by atoms with Crippen molar-refractivity contribution in [3.8, 4) is 0 Å². The zero-order valence-corrected chi connectivity index (χ0v) is 17.2. The lowest BCUT2D eigenvalue weighted by Gasteiger charge is -2.26. The summed E-state index contributed by atoms with van der Waals surface area (Å²) >= 11 is 5.75. The Hall–Kier alpha value is -3.18. The van der Waals surface area contributed by atoms with Gasteiger partial charge in [0.15, 0.2) is 5.11 Å². The maximum absolute atomic E-state index is 5.75. The van der Waals surface area contributed by atoms with Gasteiger partial charge in [-0.2, -0.15) is 0 Å². The van der Waals surface area contributed by atoms with E-state index in [1.807, 2.05) is 30.3 Å². The number of benzene rings is 3. The number of aryl methyl sites for hydroxylation is 1. The first kappa shape index (κ1) is 19.2. The third kappa shape index (κ3) is 4.81. The van der Waals surface area contributed by atoms with Crippen LogP contribution in [0.15, 0.2) is 78.9 Å². The average molecular weight is 401 g/mol. The molecule has 1 heterocycles. The van der Waals surface area contributed by atoms with E-state index in [1.54, 1.807) is 0 Å². The van der Waals surface area contributed by atoms with Gasteiger partial charge in [-0.05, 0) is 49.0 Å². The summed E-state index contributed by atoms with van der Waals surface area (Å²) in [6.07, 6.45) is 0.780. The van der Waals surface area contributed by atoms with Crippen LogP contribution in [-0.4, -0.2) is 21.6 Å². The van der Waals surface area contributed by atoms with E-state index < -0.39 is 0 Å². The summed E-state index contributed by atoms with van der Waals surface area (Å²) in [6, 6.07) is 26.9. The lowest BCUT2D eigenvalue weighted by atomic mass is 10.2. The van der Waals surface area contributed by atoms with Crippen LogP contribution in [0, 0.1) is 6.92 Å². The first-order valence-corrected chi connectivity index (χ1v) is 10.2. The van der Waals surface area contributed by atoms with Crippen LogP contribution in [0.4, 0.5) is 5.69 Å². The molecule has 4 nitrogen and oxygen atoms in total. The lowest BCUT2D eigenvalue weighted by Crippen LogP contribution is -2.40. The zero-order valence-electron chi connectivity index (χ0n) is 16.4. The molecule has 2 N–H and O–H groups in total. The van der Waals surface area contributed by atoms with Gasteiger partial charge < -0.3 is 15.2 Å². The fraction of sp³-hybridized carbons (Fsp3) is 0.167. The molecule has 0 aliphatic rings. The highest BCUT2D eigenvalue weighted by atomic mass is 32.1. The van der Waals surface area contributed by atoms with E-state index in [1.165, 1.54) is 11.1 Å². The Labute approximate surface area is 176 Å². The summed E-state index contributed by atoms with van der Waals surface area (Å²) in [6.45, 7) is 3.53. The molecule has 0 unspecified atom stereocenters. The fourth-order valence-electron chi connectivity index (χ4n) is 3.28. The van der Waals surface area contributed by atoms with E-state index in [-0.39, 0.29) is 0 Å². The number of anilines is 1. The topological polar surface area (TPSA) is 44.0 Å². The van der Waals surface area contributed by atoms with Crippen molar-refractivity contribution in [2.24, 2.45) is 0 Å². The molecule has 4 aromatic rings. The number of rotatable bonds is 6. The first-order valence-electron chi connectivity index (χ1n) is 9.78. The number of aromatic amines is 1. The number of H-pyrrole nitrogens is 1. The van der Waals surface area contributed by atoms with Gasteiger partial charge in [0, 0.05) is 18.7 Å². The Morgan fingerprint density at radius 1 is 0.966 bits per heavy atom. The van der Waals surface area contributed by atoms with Gasteiger partial charge >= 0.3 is 0 Å². The van der Waals surface area contributed by atoms with Crippen molar-refractivity contribution in [1.82, 2.24) is 15.3 Å². The number of thiocarbonyl (C=S) groups is 1. The molecule has 3 aromatic carbocycles. The van der Waals surface area contributed by atoms with Gasteiger partial charge in [0.25, 0.3) is 0 Å². The summed E-state index contributed by atoms with van der Waals surface area (Å²) < 4.78 is 0. The highest BCUT2D eigenvalue weighted by molar-refractivity contribution is 7.80. The third-order valence-corrected chi connectivity index (χ3v) is 5.22. The van der Waals surface area contributed by atoms with Gasteiger partial charge in [0.2, 0.25) is 0 Å². The molecule has 29 heavy (non-hydrogen) atoms. The maximum atomic E-state index is 5.75. The van der Waals surface area contributed by atoms with Crippen LogP contribution in [-0.2, 0) is 13.0 Å². The second-order valence-electron chi connectivity index (χ2n) is 7.09. The number of fused-ring (bicyclic) bond motifs is 1. The molecule has 0 aliphatic heterocycles. The zero-order chi connectivity index (χ0) is 20.1. The van der Waals surface area contributed by atoms with E-state index >= 15 is 0 Å². The molecular formula is C24H24N4S. The molecule has 0 amide bonds. The monoisotopic (exact) mass is 400 g/mol. The van der Waals surface area contributed by atoms with Gasteiger partial charge in [0.05, 0.1) is 17.6 Å². The highest BCUT2D eigenvalue weighted by Crippen LogP contribution is 2.18. The Bertz CT molecular complexity index is 1050. The Morgan fingerprint density at radius 3 is 2.45 bits per heavy atom. The predicted molar refractivity (Wildman–Crippen MR) is 124 cm³/mol. The highest BCUT2D eigenvalue weighted by Gasteiger charge is 2.13. The van der Waals surface area contributed by atoms with Crippen LogP contribution in [0.5, 0.6) is 0 Å². The summed E-state index contributed by atoms with van der Waals surface area (Å²) in [4.78, 5) is 10.1. The summed E-state index contributed by atoms with van der Waals surface area (Å²) in [5.41, 5.74) is 5.60.